The third-order valence-electron chi connectivity index (χ3n) is 5.83. The van der Waals surface area contributed by atoms with Gasteiger partial charge < -0.3 is 24.1 Å². The number of anilines is 1. The van der Waals surface area contributed by atoms with E-state index in [0.717, 1.165) is 16.8 Å². The van der Waals surface area contributed by atoms with Gasteiger partial charge in [0.2, 0.25) is 0 Å². The van der Waals surface area contributed by atoms with Gasteiger partial charge in [0.05, 0.1) is 30.5 Å². The van der Waals surface area contributed by atoms with Crippen LogP contribution >= 0.6 is 23.2 Å². The van der Waals surface area contributed by atoms with Crippen LogP contribution in [-0.2, 0) is 13.2 Å². The molecule has 1 aliphatic heterocycles. The van der Waals surface area contributed by atoms with Gasteiger partial charge in [0.1, 0.15) is 30.0 Å². The standard InChI is InChI=1S/C27H22Cl2N2O4/c1-33-24-10-8-17(13-18(24)16-35-25-11-9-19(28)14-22(25)29)26-30-23-7-3-2-6-21(23)27(32)31(26)15-20-5-4-12-34-20/h2-14,26,30H,15-16H2,1H3. The molecule has 1 amide bonds. The van der Waals surface area contributed by atoms with Crippen LogP contribution in [0, 0.1) is 0 Å². The zero-order chi connectivity index (χ0) is 24.4. The van der Waals surface area contributed by atoms with E-state index in [4.69, 9.17) is 37.1 Å². The van der Waals surface area contributed by atoms with Crippen molar-refractivity contribution in [3.63, 3.8) is 0 Å². The Labute approximate surface area is 213 Å². The Bertz CT molecular complexity index is 1360. The first-order valence-electron chi connectivity index (χ1n) is 11.0. The number of hydrogen-bond donors (Lipinski definition) is 1. The first kappa shape index (κ1) is 23.1. The van der Waals surface area contributed by atoms with Crippen LogP contribution in [0.2, 0.25) is 10.0 Å². The van der Waals surface area contributed by atoms with Crippen LogP contribution in [0.1, 0.15) is 33.4 Å². The van der Waals surface area contributed by atoms with Crippen LogP contribution in [0.25, 0.3) is 0 Å². The molecule has 1 aromatic heterocycles. The molecule has 3 aromatic carbocycles. The van der Waals surface area contributed by atoms with Crippen LogP contribution < -0.4 is 14.8 Å². The van der Waals surface area contributed by atoms with Gasteiger partial charge in [-0.15, -0.1) is 0 Å². The summed E-state index contributed by atoms with van der Waals surface area (Å²) in [6.07, 6.45) is 1.18. The maximum atomic E-state index is 13.5. The second-order valence-corrected chi connectivity index (χ2v) is 8.88. The lowest BCUT2D eigenvalue weighted by molar-refractivity contribution is 0.0651. The smallest absolute Gasteiger partial charge is 0.258 e. The number of benzene rings is 3. The van der Waals surface area contributed by atoms with Crippen molar-refractivity contribution < 1.29 is 18.7 Å². The molecule has 1 aliphatic rings. The van der Waals surface area contributed by atoms with E-state index in [1.165, 1.54) is 0 Å². The monoisotopic (exact) mass is 508 g/mol. The molecule has 35 heavy (non-hydrogen) atoms. The van der Waals surface area contributed by atoms with E-state index < -0.39 is 6.17 Å². The summed E-state index contributed by atoms with van der Waals surface area (Å²) >= 11 is 12.3. The summed E-state index contributed by atoms with van der Waals surface area (Å²) in [6.45, 7) is 0.532. The molecule has 5 rings (SSSR count). The van der Waals surface area contributed by atoms with Crippen LogP contribution in [0.4, 0.5) is 5.69 Å². The van der Waals surface area contributed by atoms with Gasteiger partial charge in [0.25, 0.3) is 5.91 Å². The molecule has 0 aliphatic carbocycles. The highest BCUT2D eigenvalue weighted by Crippen LogP contribution is 2.36. The zero-order valence-electron chi connectivity index (χ0n) is 18.8. The lowest BCUT2D eigenvalue weighted by atomic mass is 10.0. The topological polar surface area (TPSA) is 63.9 Å². The first-order chi connectivity index (χ1) is 17.0. The Morgan fingerprint density at radius 2 is 1.83 bits per heavy atom. The summed E-state index contributed by atoms with van der Waals surface area (Å²) in [7, 11) is 1.61. The van der Waals surface area contributed by atoms with E-state index >= 15 is 0 Å². The number of rotatable bonds is 7. The van der Waals surface area contributed by atoms with E-state index in [-0.39, 0.29) is 12.5 Å². The normalized spacial score (nSPS) is 14.9. The van der Waals surface area contributed by atoms with Gasteiger partial charge in [-0.3, -0.25) is 4.79 Å². The summed E-state index contributed by atoms with van der Waals surface area (Å²) in [5.41, 5.74) is 3.08. The molecule has 4 aromatic rings. The Kier molecular flexibility index (Phi) is 6.57. The maximum Gasteiger partial charge on any atom is 0.258 e. The Hall–Kier alpha value is -3.61. The fourth-order valence-corrected chi connectivity index (χ4v) is 4.58. The third-order valence-corrected chi connectivity index (χ3v) is 6.36. The molecule has 0 saturated carbocycles. The molecule has 178 valence electrons. The minimum absolute atomic E-state index is 0.0812. The van der Waals surface area contributed by atoms with Crippen LogP contribution in [0.15, 0.2) is 83.5 Å². The molecule has 0 fully saturated rings. The molecule has 1 atom stereocenters. The minimum Gasteiger partial charge on any atom is -0.496 e. The quantitative estimate of drug-likeness (QED) is 0.292. The number of amides is 1. The highest BCUT2D eigenvalue weighted by Gasteiger charge is 2.33. The summed E-state index contributed by atoms with van der Waals surface area (Å²) in [5, 5.41) is 4.46. The van der Waals surface area contributed by atoms with Crippen LogP contribution in [0.3, 0.4) is 0 Å². The largest absolute Gasteiger partial charge is 0.496 e. The molecular formula is C27H22Cl2N2O4. The van der Waals surface area contributed by atoms with Crippen molar-refractivity contribution in [3.05, 3.63) is 112 Å². The number of carbonyl (C=O) groups is 1. The number of ether oxygens (including phenoxy) is 2. The minimum atomic E-state index is -0.425. The number of halogens is 2. The zero-order valence-corrected chi connectivity index (χ0v) is 20.3. The number of nitrogens with one attached hydrogen (secondary N) is 1. The molecule has 1 unspecified atom stereocenters. The molecule has 0 saturated heterocycles. The summed E-state index contributed by atoms with van der Waals surface area (Å²) < 4.78 is 17.1. The van der Waals surface area contributed by atoms with Gasteiger partial charge in [-0.25, -0.2) is 0 Å². The van der Waals surface area contributed by atoms with Crippen LogP contribution in [-0.4, -0.2) is 17.9 Å². The number of carbonyl (C=O) groups excluding carboxylic acids is 1. The fraction of sp³-hybridized carbons (Fsp3) is 0.148. The van der Waals surface area contributed by atoms with Crippen molar-refractivity contribution in [2.24, 2.45) is 0 Å². The third kappa shape index (κ3) is 4.81. The molecule has 0 spiro atoms. The molecule has 0 radical (unpaired) electrons. The van der Waals surface area contributed by atoms with Gasteiger partial charge >= 0.3 is 0 Å². The Morgan fingerprint density at radius 1 is 1.00 bits per heavy atom. The van der Waals surface area contributed by atoms with E-state index in [9.17, 15) is 4.79 Å². The van der Waals surface area contributed by atoms with Crippen molar-refractivity contribution in [3.8, 4) is 11.5 Å². The average Bonchev–Trinajstić information content (AvgIpc) is 3.38. The van der Waals surface area contributed by atoms with E-state index in [1.807, 2.05) is 54.6 Å². The first-order valence-corrected chi connectivity index (χ1v) is 11.7. The van der Waals surface area contributed by atoms with Crippen molar-refractivity contribution >= 4 is 34.8 Å². The number of furan rings is 1. The lowest BCUT2D eigenvalue weighted by Gasteiger charge is -2.38. The molecule has 2 heterocycles. The Balaban J connectivity index is 1.48. The second-order valence-electron chi connectivity index (χ2n) is 8.04. The number of fused-ring (bicyclic) bond motifs is 1. The fourth-order valence-electron chi connectivity index (χ4n) is 4.12. The number of methoxy groups -OCH3 is 1. The van der Waals surface area contributed by atoms with Crippen molar-refractivity contribution in [2.75, 3.05) is 12.4 Å². The maximum absolute atomic E-state index is 13.5. The number of nitrogens with zero attached hydrogens (tertiary/aromatic N) is 1. The van der Waals surface area contributed by atoms with E-state index in [0.29, 0.717) is 39.4 Å². The average molecular weight is 509 g/mol. The number of para-hydroxylation sites is 1. The van der Waals surface area contributed by atoms with Gasteiger partial charge in [0.15, 0.2) is 0 Å². The van der Waals surface area contributed by atoms with Gasteiger partial charge in [-0.2, -0.15) is 0 Å². The van der Waals surface area contributed by atoms with Crippen molar-refractivity contribution in [1.29, 1.82) is 0 Å². The van der Waals surface area contributed by atoms with E-state index in [1.54, 1.807) is 36.5 Å². The molecule has 6 nitrogen and oxygen atoms in total. The lowest BCUT2D eigenvalue weighted by Crippen LogP contribution is -2.42. The molecular weight excluding hydrogens is 487 g/mol. The van der Waals surface area contributed by atoms with Gasteiger partial charge in [-0.1, -0.05) is 41.4 Å². The summed E-state index contributed by atoms with van der Waals surface area (Å²) in [6, 6.07) is 22.0. The SMILES string of the molecule is COc1ccc(C2Nc3ccccc3C(=O)N2Cc2ccco2)cc1COc1ccc(Cl)cc1Cl. The highest BCUT2D eigenvalue weighted by atomic mass is 35.5. The van der Waals surface area contributed by atoms with Gasteiger partial charge in [0, 0.05) is 16.3 Å². The van der Waals surface area contributed by atoms with Crippen molar-refractivity contribution in [1.82, 2.24) is 4.90 Å². The number of hydrogen-bond acceptors (Lipinski definition) is 5. The van der Waals surface area contributed by atoms with E-state index in [2.05, 4.69) is 5.32 Å². The summed E-state index contributed by atoms with van der Waals surface area (Å²) in [5.74, 6) is 1.79. The van der Waals surface area contributed by atoms with Gasteiger partial charge in [-0.05, 0) is 60.2 Å². The Morgan fingerprint density at radius 3 is 2.60 bits per heavy atom. The summed E-state index contributed by atoms with van der Waals surface area (Å²) in [4.78, 5) is 15.2. The highest BCUT2D eigenvalue weighted by molar-refractivity contribution is 6.35. The molecule has 1 N–H and O–H groups in total. The van der Waals surface area contributed by atoms with Crippen molar-refractivity contribution in [2.45, 2.75) is 19.3 Å². The second kappa shape index (κ2) is 9.94. The molecule has 8 heteroatoms. The van der Waals surface area contributed by atoms with Crippen LogP contribution in [0.5, 0.6) is 11.5 Å². The predicted molar refractivity (Wildman–Crippen MR) is 135 cm³/mol. The predicted octanol–water partition coefficient (Wildman–Crippen LogP) is 6.94. The molecule has 0 bridgehead atoms.